The van der Waals surface area contributed by atoms with Crippen LogP contribution in [0.1, 0.15) is 13.8 Å². The largest absolute Gasteiger partial charge is 0.286 e. The molecule has 0 aromatic heterocycles. The molecule has 0 unspecified atom stereocenters. The third-order valence-corrected chi connectivity index (χ3v) is 0.813. The van der Waals surface area contributed by atoms with Crippen molar-refractivity contribution in [2.45, 2.75) is 13.8 Å². The molecule has 3 heteroatoms. The maximum absolute atomic E-state index is 10.5. The number of carbonyl (C=O) groups excluding carboxylic acids is 1. The molecule has 1 amide bonds. The molecule has 0 aliphatic carbocycles. The molecule has 0 atom stereocenters. The Bertz CT molecular complexity index is 78.4. The second-order valence-electron chi connectivity index (χ2n) is 2.02. The van der Waals surface area contributed by atoms with Crippen LogP contribution in [0.2, 0.25) is 0 Å². The molecule has 0 heterocycles. The topological polar surface area (TPSA) is 40.5 Å². The molecule has 3 nitrogen and oxygen atoms in total. The number of nitrogens with zero attached hydrogens (tertiary/aromatic N) is 1. The maximum Gasteiger partial charge on any atom is 0.248 e. The molecule has 0 spiro atoms. The van der Waals surface area contributed by atoms with Gasteiger partial charge in [-0.05, 0) is 0 Å². The first-order valence-corrected chi connectivity index (χ1v) is 2.52. The molecule has 0 aliphatic rings. The standard InChI is InChI=1S/C5H11NO2/c1-4(2)5(7)6(3)8/h4,8H,1-3H3. The summed E-state index contributed by atoms with van der Waals surface area (Å²) in [5.41, 5.74) is 0. The molecule has 0 fully saturated rings. The SMILES string of the molecule is CC(C)C(=O)N(C)O. The number of hydroxylamine groups is 2. The number of hydrogen-bond acceptors (Lipinski definition) is 2. The lowest BCUT2D eigenvalue weighted by atomic mass is 10.2. The van der Waals surface area contributed by atoms with Gasteiger partial charge >= 0.3 is 0 Å². The van der Waals surface area contributed by atoms with E-state index in [1.807, 2.05) is 0 Å². The predicted molar refractivity (Wildman–Crippen MR) is 29.4 cm³/mol. The zero-order chi connectivity index (χ0) is 6.73. The lowest BCUT2D eigenvalue weighted by Crippen LogP contribution is -2.26. The first-order valence-electron chi connectivity index (χ1n) is 2.52. The van der Waals surface area contributed by atoms with Crippen molar-refractivity contribution in [3.63, 3.8) is 0 Å². The molecule has 48 valence electrons. The summed E-state index contributed by atoms with van der Waals surface area (Å²) in [6.45, 7) is 3.46. The number of carbonyl (C=O) groups is 1. The third-order valence-electron chi connectivity index (χ3n) is 0.813. The molecule has 0 saturated carbocycles. The van der Waals surface area contributed by atoms with Gasteiger partial charge in [0.15, 0.2) is 0 Å². The molecule has 8 heavy (non-hydrogen) atoms. The lowest BCUT2D eigenvalue weighted by Gasteiger charge is -2.09. The highest BCUT2D eigenvalue weighted by Gasteiger charge is 2.08. The van der Waals surface area contributed by atoms with Crippen LogP contribution in [0.5, 0.6) is 0 Å². The van der Waals surface area contributed by atoms with Crippen molar-refractivity contribution in [3.8, 4) is 0 Å². The Morgan fingerprint density at radius 1 is 1.62 bits per heavy atom. The van der Waals surface area contributed by atoms with E-state index in [4.69, 9.17) is 5.21 Å². The van der Waals surface area contributed by atoms with E-state index in [0.717, 1.165) is 0 Å². The van der Waals surface area contributed by atoms with Gasteiger partial charge in [0.2, 0.25) is 5.91 Å². The predicted octanol–water partition coefficient (Wildman–Crippen LogP) is 0.490. The minimum atomic E-state index is -0.259. The van der Waals surface area contributed by atoms with Crippen LogP contribution in [-0.2, 0) is 4.79 Å². The van der Waals surface area contributed by atoms with E-state index in [1.165, 1.54) is 7.05 Å². The molecular formula is C5H11NO2. The number of rotatable bonds is 1. The number of amides is 1. The van der Waals surface area contributed by atoms with E-state index in [1.54, 1.807) is 13.8 Å². The van der Waals surface area contributed by atoms with E-state index in [2.05, 4.69) is 0 Å². The highest BCUT2D eigenvalue weighted by Crippen LogP contribution is 1.94. The van der Waals surface area contributed by atoms with Crippen molar-refractivity contribution in [2.24, 2.45) is 5.92 Å². The van der Waals surface area contributed by atoms with Gasteiger partial charge in [0, 0.05) is 13.0 Å². The van der Waals surface area contributed by atoms with Crippen LogP contribution >= 0.6 is 0 Å². The van der Waals surface area contributed by atoms with E-state index in [-0.39, 0.29) is 11.8 Å². The van der Waals surface area contributed by atoms with Gasteiger partial charge in [-0.3, -0.25) is 10.0 Å². The zero-order valence-corrected chi connectivity index (χ0v) is 5.38. The summed E-state index contributed by atoms with van der Waals surface area (Å²) in [5, 5.41) is 9.08. The molecule has 1 N–H and O–H groups in total. The van der Waals surface area contributed by atoms with E-state index in [9.17, 15) is 4.79 Å². The van der Waals surface area contributed by atoms with Crippen molar-refractivity contribution in [2.75, 3.05) is 7.05 Å². The van der Waals surface area contributed by atoms with Crippen LogP contribution < -0.4 is 0 Å². The fourth-order valence-electron chi connectivity index (χ4n) is 0.374. The summed E-state index contributed by atoms with van der Waals surface area (Å²) in [6, 6.07) is 0. The zero-order valence-electron chi connectivity index (χ0n) is 5.38. The smallest absolute Gasteiger partial charge is 0.248 e. The van der Waals surface area contributed by atoms with E-state index >= 15 is 0 Å². The third kappa shape index (κ3) is 1.93. The van der Waals surface area contributed by atoms with Crippen molar-refractivity contribution in [3.05, 3.63) is 0 Å². The Kier molecular flexibility index (Phi) is 2.48. The Morgan fingerprint density at radius 3 is 2.00 bits per heavy atom. The molecule has 0 aromatic carbocycles. The van der Waals surface area contributed by atoms with Crippen molar-refractivity contribution in [1.29, 1.82) is 0 Å². The van der Waals surface area contributed by atoms with Crippen LogP contribution in [0.4, 0.5) is 0 Å². The average molecular weight is 117 g/mol. The van der Waals surface area contributed by atoms with E-state index in [0.29, 0.717) is 5.06 Å². The van der Waals surface area contributed by atoms with Crippen molar-refractivity contribution in [1.82, 2.24) is 5.06 Å². The normalized spacial score (nSPS) is 9.62. The summed E-state index contributed by atoms with van der Waals surface area (Å²) in [5.74, 6) is -0.380. The summed E-state index contributed by atoms with van der Waals surface area (Å²) in [4.78, 5) is 10.5. The van der Waals surface area contributed by atoms with Gasteiger partial charge in [-0.25, -0.2) is 5.06 Å². The van der Waals surface area contributed by atoms with Crippen molar-refractivity contribution < 1.29 is 10.0 Å². The highest BCUT2D eigenvalue weighted by molar-refractivity contribution is 5.76. The monoisotopic (exact) mass is 117 g/mol. The highest BCUT2D eigenvalue weighted by atomic mass is 16.5. The van der Waals surface area contributed by atoms with Gasteiger partial charge < -0.3 is 0 Å². The van der Waals surface area contributed by atoms with Crippen LogP contribution in [0, 0.1) is 5.92 Å². The van der Waals surface area contributed by atoms with Crippen molar-refractivity contribution >= 4 is 5.91 Å². The Labute approximate surface area is 48.9 Å². The van der Waals surface area contributed by atoms with Crippen LogP contribution in [-0.4, -0.2) is 23.2 Å². The van der Waals surface area contributed by atoms with Crippen LogP contribution in [0.25, 0.3) is 0 Å². The Balaban J connectivity index is 3.65. The fourth-order valence-corrected chi connectivity index (χ4v) is 0.374. The Hall–Kier alpha value is -0.570. The van der Waals surface area contributed by atoms with Gasteiger partial charge in [0.05, 0.1) is 0 Å². The summed E-state index contributed by atoms with van der Waals surface area (Å²) in [7, 11) is 1.32. The van der Waals surface area contributed by atoms with Gasteiger partial charge in [-0.15, -0.1) is 0 Å². The fraction of sp³-hybridized carbons (Fsp3) is 0.800. The molecule has 0 aromatic rings. The van der Waals surface area contributed by atoms with E-state index < -0.39 is 0 Å². The second-order valence-corrected chi connectivity index (χ2v) is 2.02. The average Bonchev–Trinajstić information content (AvgIpc) is 1.64. The minimum absolute atomic E-state index is 0.120. The van der Waals surface area contributed by atoms with Gasteiger partial charge in [0.25, 0.3) is 0 Å². The quantitative estimate of drug-likeness (QED) is 0.401. The molecule has 0 radical (unpaired) electrons. The molecule has 0 bridgehead atoms. The molecule has 0 rings (SSSR count). The van der Waals surface area contributed by atoms with Gasteiger partial charge in [0.1, 0.15) is 0 Å². The first kappa shape index (κ1) is 7.43. The van der Waals surface area contributed by atoms with Crippen LogP contribution in [0.15, 0.2) is 0 Å². The van der Waals surface area contributed by atoms with Crippen LogP contribution in [0.3, 0.4) is 0 Å². The second kappa shape index (κ2) is 2.67. The van der Waals surface area contributed by atoms with Gasteiger partial charge in [-0.2, -0.15) is 0 Å². The molecular weight excluding hydrogens is 106 g/mol. The molecule has 0 aliphatic heterocycles. The minimum Gasteiger partial charge on any atom is -0.286 e. The lowest BCUT2D eigenvalue weighted by molar-refractivity contribution is -0.162. The summed E-state index contributed by atoms with van der Waals surface area (Å²) in [6.07, 6.45) is 0. The maximum atomic E-state index is 10.5. The summed E-state index contributed by atoms with van der Waals surface area (Å²) >= 11 is 0. The Morgan fingerprint density at radius 2 is 2.00 bits per heavy atom. The number of hydrogen-bond donors (Lipinski definition) is 1. The molecule has 0 saturated heterocycles. The van der Waals surface area contributed by atoms with Gasteiger partial charge in [-0.1, -0.05) is 13.8 Å². The first-order chi connectivity index (χ1) is 3.55. The summed E-state index contributed by atoms with van der Waals surface area (Å²) < 4.78 is 0.